The number of carbonyl (C=O) groups is 4. The van der Waals surface area contributed by atoms with E-state index in [1.54, 1.807) is 46.2 Å². The van der Waals surface area contributed by atoms with Gasteiger partial charge in [-0.1, -0.05) is 17.7 Å². The van der Waals surface area contributed by atoms with Gasteiger partial charge in [0.05, 0.1) is 29.1 Å². The molecular formula is C29H27ClFN5O5. The lowest BCUT2D eigenvalue weighted by Crippen LogP contribution is -2.50. The van der Waals surface area contributed by atoms with Gasteiger partial charge < -0.3 is 20.4 Å². The molecule has 0 radical (unpaired) electrons. The normalized spacial score (nSPS) is 19.8. The summed E-state index contributed by atoms with van der Waals surface area (Å²) >= 11 is 5.92. The Bertz CT molecular complexity index is 1570. The zero-order chi connectivity index (χ0) is 29.3. The zero-order valence-electron chi connectivity index (χ0n) is 22.1. The van der Waals surface area contributed by atoms with Crippen LogP contribution in [0.1, 0.15) is 6.92 Å². The highest BCUT2D eigenvalue weighted by Crippen LogP contribution is 2.49. The predicted molar refractivity (Wildman–Crippen MR) is 150 cm³/mol. The molecule has 2 aromatic carbocycles. The summed E-state index contributed by atoms with van der Waals surface area (Å²) in [5.41, 5.74) is 0.231. The number of pyridine rings is 1. The Balaban J connectivity index is 1.34. The molecule has 1 aliphatic carbocycles. The van der Waals surface area contributed by atoms with Gasteiger partial charge in [0.1, 0.15) is 5.82 Å². The minimum Gasteiger partial charge on any atom is -0.339 e. The van der Waals surface area contributed by atoms with E-state index >= 15 is 4.39 Å². The van der Waals surface area contributed by atoms with Crippen molar-refractivity contribution in [3.05, 3.63) is 88.1 Å². The minimum atomic E-state index is -1.03. The first-order valence-electron chi connectivity index (χ1n) is 13.0. The number of halogens is 2. The summed E-state index contributed by atoms with van der Waals surface area (Å²) in [6.07, 6.45) is 1.50. The highest BCUT2D eigenvalue weighted by molar-refractivity contribution is 6.30. The average molecular weight is 580 g/mol. The van der Waals surface area contributed by atoms with Crippen LogP contribution in [0.2, 0.25) is 5.02 Å². The Hall–Kier alpha value is -4.51. The third-order valence-electron chi connectivity index (χ3n) is 7.37. The molecule has 1 saturated heterocycles. The van der Waals surface area contributed by atoms with Crippen LogP contribution < -0.4 is 16.2 Å². The van der Waals surface area contributed by atoms with Crippen molar-refractivity contribution in [2.45, 2.75) is 6.92 Å². The van der Waals surface area contributed by atoms with Gasteiger partial charge in [0, 0.05) is 62.1 Å². The Morgan fingerprint density at radius 2 is 1.46 bits per heavy atom. The fourth-order valence-corrected chi connectivity index (χ4v) is 5.22. The standard InChI is InChI=1S/C29H27ClFN5O5/c1-17(37)34-12-14-35(15-13-34)29(41)26-24(27(39)32-19-7-5-18(30)6-8-19)25(26)28(40)33-22-10-9-20(16-21(22)31)36-11-3-2-4-23(36)38/h2-11,16,24-26H,12-15H2,1H3,(H,32,39)(H,33,40)/t24-,25+,26?/m1/s1. The molecule has 2 heterocycles. The van der Waals surface area contributed by atoms with E-state index in [-0.39, 0.29) is 41.8 Å². The first kappa shape index (κ1) is 28.0. The molecule has 0 spiro atoms. The molecule has 2 aliphatic rings. The molecule has 1 aliphatic heterocycles. The summed E-state index contributed by atoms with van der Waals surface area (Å²) in [6, 6.07) is 14.9. The largest absolute Gasteiger partial charge is 0.339 e. The third-order valence-corrected chi connectivity index (χ3v) is 7.62. The lowest BCUT2D eigenvalue weighted by molar-refractivity contribution is -0.140. The van der Waals surface area contributed by atoms with Crippen molar-refractivity contribution >= 4 is 46.6 Å². The number of nitrogens with zero attached hydrogens (tertiary/aromatic N) is 3. The van der Waals surface area contributed by atoms with Gasteiger partial charge in [-0.2, -0.15) is 0 Å². The van der Waals surface area contributed by atoms with Crippen LogP contribution in [0.25, 0.3) is 5.69 Å². The topological polar surface area (TPSA) is 121 Å². The molecule has 12 heteroatoms. The molecule has 1 unspecified atom stereocenters. The molecule has 5 rings (SSSR count). The van der Waals surface area contributed by atoms with E-state index in [0.29, 0.717) is 23.8 Å². The van der Waals surface area contributed by atoms with Crippen molar-refractivity contribution in [1.82, 2.24) is 14.4 Å². The fraction of sp³-hybridized carbons (Fsp3) is 0.276. The number of hydrogen-bond acceptors (Lipinski definition) is 5. The van der Waals surface area contributed by atoms with E-state index in [4.69, 9.17) is 11.6 Å². The maximum Gasteiger partial charge on any atom is 0.255 e. The fourth-order valence-electron chi connectivity index (χ4n) is 5.09. The lowest BCUT2D eigenvalue weighted by atomic mass is 10.2. The number of hydrogen-bond donors (Lipinski definition) is 2. The summed E-state index contributed by atoms with van der Waals surface area (Å²) in [7, 11) is 0. The van der Waals surface area contributed by atoms with Crippen molar-refractivity contribution < 1.29 is 23.6 Å². The number of amides is 4. The van der Waals surface area contributed by atoms with Crippen molar-refractivity contribution in [3.8, 4) is 5.69 Å². The lowest BCUT2D eigenvalue weighted by Gasteiger charge is -2.34. The number of anilines is 2. The summed E-state index contributed by atoms with van der Waals surface area (Å²) < 4.78 is 16.3. The summed E-state index contributed by atoms with van der Waals surface area (Å²) in [5.74, 6) is -5.40. The number of piperazine rings is 1. The molecular weight excluding hydrogens is 553 g/mol. The van der Waals surface area contributed by atoms with E-state index in [1.165, 1.54) is 35.9 Å². The molecule has 4 amide bonds. The Kier molecular flexibility index (Phi) is 7.89. The van der Waals surface area contributed by atoms with E-state index in [2.05, 4.69) is 10.6 Å². The van der Waals surface area contributed by atoms with E-state index in [0.717, 1.165) is 6.07 Å². The van der Waals surface area contributed by atoms with Crippen molar-refractivity contribution in [2.24, 2.45) is 17.8 Å². The van der Waals surface area contributed by atoms with Gasteiger partial charge in [0.25, 0.3) is 5.56 Å². The van der Waals surface area contributed by atoms with Crippen molar-refractivity contribution in [3.63, 3.8) is 0 Å². The number of benzene rings is 2. The molecule has 3 atom stereocenters. The molecule has 3 aromatic rings. The van der Waals surface area contributed by atoms with Gasteiger partial charge in [-0.25, -0.2) is 4.39 Å². The van der Waals surface area contributed by atoms with E-state index < -0.39 is 35.4 Å². The van der Waals surface area contributed by atoms with Crippen LogP contribution in [0.3, 0.4) is 0 Å². The highest BCUT2D eigenvalue weighted by Gasteiger charge is 2.63. The second-order valence-electron chi connectivity index (χ2n) is 9.97. The average Bonchev–Trinajstić information content (AvgIpc) is 3.71. The van der Waals surface area contributed by atoms with Crippen LogP contribution >= 0.6 is 11.6 Å². The Morgan fingerprint density at radius 1 is 0.829 bits per heavy atom. The van der Waals surface area contributed by atoms with Gasteiger partial charge in [-0.15, -0.1) is 0 Å². The first-order valence-corrected chi connectivity index (χ1v) is 13.4. The van der Waals surface area contributed by atoms with Crippen LogP contribution in [0.5, 0.6) is 0 Å². The molecule has 2 N–H and O–H groups in total. The van der Waals surface area contributed by atoms with Crippen molar-refractivity contribution in [2.75, 3.05) is 36.8 Å². The van der Waals surface area contributed by atoms with Gasteiger partial charge in [-0.05, 0) is 42.5 Å². The van der Waals surface area contributed by atoms with Gasteiger partial charge in [0.2, 0.25) is 23.6 Å². The van der Waals surface area contributed by atoms with E-state index in [1.807, 2.05) is 0 Å². The second kappa shape index (κ2) is 11.5. The number of rotatable bonds is 6. The summed E-state index contributed by atoms with van der Waals surface area (Å²) in [4.78, 5) is 66.9. The van der Waals surface area contributed by atoms with E-state index in [9.17, 15) is 24.0 Å². The van der Waals surface area contributed by atoms with Crippen LogP contribution in [-0.4, -0.2) is 64.2 Å². The van der Waals surface area contributed by atoms with Crippen LogP contribution in [0.4, 0.5) is 15.8 Å². The predicted octanol–water partition coefficient (Wildman–Crippen LogP) is 2.76. The molecule has 212 valence electrons. The van der Waals surface area contributed by atoms with Gasteiger partial charge in [0.15, 0.2) is 0 Å². The van der Waals surface area contributed by atoms with Gasteiger partial charge in [-0.3, -0.25) is 28.5 Å². The van der Waals surface area contributed by atoms with Crippen molar-refractivity contribution in [1.29, 1.82) is 0 Å². The smallest absolute Gasteiger partial charge is 0.255 e. The Labute approximate surface area is 239 Å². The second-order valence-corrected chi connectivity index (χ2v) is 10.4. The van der Waals surface area contributed by atoms with Crippen LogP contribution in [0.15, 0.2) is 71.7 Å². The molecule has 41 heavy (non-hydrogen) atoms. The number of aromatic nitrogens is 1. The monoisotopic (exact) mass is 579 g/mol. The highest BCUT2D eigenvalue weighted by atomic mass is 35.5. The third kappa shape index (κ3) is 5.99. The first-order chi connectivity index (χ1) is 19.6. The van der Waals surface area contributed by atoms with Crippen LogP contribution in [0, 0.1) is 23.6 Å². The number of carbonyl (C=O) groups excluding carboxylic acids is 4. The molecule has 0 bridgehead atoms. The SMILES string of the molecule is CC(=O)N1CCN(C(=O)C2[C@@H](C(=O)Nc3ccc(-n4ccccc4=O)cc3F)[C@H]2C(=O)Nc2ccc(Cl)cc2)CC1. The molecule has 1 aromatic heterocycles. The number of nitrogens with one attached hydrogen (secondary N) is 2. The van der Waals surface area contributed by atoms with Crippen LogP contribution in [-0.2, 0) is 19.2 Å². The molecule has 2 fully saturated rings. The maximum atomic E-state index is 15.0. The molecule has 1 saturated carbocycles. The zero-order valence-corrected chi connectivity index (χ0v) is 22.8. The minimum absolute atomic E-state index is 0.0915. The summed E-state index contributed by atoms with van der Waals surface area (Å²) in [5, 5.41) is 5.71. The molecule has 10 nitrogen and oxygen atoms in total. The summed E-state index contributed by atoms with van der Waals surface area (Å²) in [6.45, 7) is 2.73. The maximum absolute atomic E-state index is 15.0. The van der Waals surface area contributed by atoms with Gasteiger partial charge >= 0.3 is 0 Å². The Morgan fingerprint density at radius 3 is 2.07 bits per heavy atom. The quantitative estimate of drug-likeness (QED) is 0.465.